The van der Waals surface area contributed by atoms with E-state index < -0.39 is 11.7 Å². The maximum atomic E-state index is 13.2. The number of methoxy groups -OCH3 is 1. The average molecular weight is 304 g/mol. The van der Waals surface area contributed by atoms with Crippen LogP contribution in [0.5, 0.6) is 0 Å². The highest BCUT2D eigenvalue weighted by Crippen LogP contribution is 2.35. The molecule has 0 fully saturated rings. The fourth-order valence-corrected chi connectivity index (χ4v) is 2.17. The quantitative estimate of drug-likeness (QED) is 0.787. The first-order chi connectivity index (χ1) is 9.75. The molecule has 1 aromatic carbocycles. The number of rotatable bonds is 7. The molecule has 0 bridgehead atoms. The fraction of sp³-hybridized carbons (Fsp3) is 0.600. The second-order valence-corrected chi connectivity index (χ2v) is 5.29. The topological polar surface area (TPSA) is 38.5 Å². The lowest BCUT2D eigenvalue weighted by molar-refractivity contribution is -0.138. The Hall–Kier alpha value is -1.27. The van der Waals surface area contributed by atoms with Crippen LogP contribution in [0.3, 0.4) is 0 Å². The lowest BCUT2D eigenvalue weighted by atomic mass is 10.00. The first-order valence-electron chi connectivity index (χ1n) is 6.91. The maximum absolute atomic E-state index is 13.2. The van der Waals surface area contributed by atoms with Gasteiger partial charge in [-0.25, -0.2) is 0 Å². The van der Waals surface area contributed by atoms with Crippen molar-refractivity contribution in [1.29, 1.82) is 0 Å². The van der Waals surface area contributed by atoms with Crippen molar-refractivity contribution in [2.24, 2.45) is 5.73 Å². The van der Waals surface area contributed by atoms with Gasteiger partial charge in [-0.15, -0.1) is 0 Å². The van der Waals surface area contributed by atoms with Crippen LogP contribution < -0.4 is 10.6 Å². The molecule has 1 atom stereocenters. The van der Waals surface area contributed by atoms with Crippen molar-refractivity contribution in [3.05, 3.63) is 29.3 Å². The van der Waals surface area contributed by atoms with E-state index in [0.717, 1.165) is 6.42 Å². The number of benzene rings is 1. The van der Waals surface area contributed by atoms with Gasteiger partial charge in [0.15, 0.2) is 0 Å². The number of halogens is 3. The summed E-state index contributed by atoms with van der Waals surface area (Å²) in [6.45, 7) is 2.92. The van der Waals surface area contributed by atoms with Gasteiger partial charge in [-0.05, 0) is 37.5 Å². The highest BCUT2D eigenvalue weighted by Gasteiger charge is 2.33. The Morgan fingerprint density at radius 3 is 2.52 bits per heavy atom. The van der Waals surface area contributed by atoms with E-state index in [1.807, 2.05) is 0 Å². The van der Waals surface area contributed by atoms with Gasteiger partial charge in [0.2, 0.25) is 0 Å². The molecule has 0 aliphatic heterocycles. The van der Waals surface area contributed by atoms with Crippen molar-refractivity contribution in [3.8, 4) is 0 Å². The highest BCUT2D eigenvalue weighted by molar-refractivity contribution is 5.51. The van der Waals surface area contributed by atoms with Crippen molar-refractivity contribution in [2.45, 2.75) is 32.0 Å². The molecular weight excluding hydrogens is 281 g/mol. The second-order valence-electron chi connectivity index (χ2n) is 5.29. The predicted molar refractivity (Wildman–Crippen MR) is 78.6 cm³/mol. The van der Waals surface area contributed by atoms with E-state index in [2.05, 4.69) is 0 Å². The Labute approximate surface area is 123 Å². The first kappa shape index (κ1) is 17.8. The Morgan fingerprint density at radius 2 is 2.00 bits per heavy atom. The van der Waals surface area contributed by atoms with Crippen LogP contribution in [0.1, 0.15) is 24.5 Å². The summed E-state index contributed by atoms with van der Waals surface area (Å²) < 4.78 is 44.5. The van der Waals surface area contributed by atoms with Crippen LogP contribution in [0.15, 0.2) is 18.2 Å². The largest absolute Gasteiger partial charge is 0.416 e. The minimum Gasteiger partial charge on any atom is -0.385 e. The highest BCUT2D eigenvalue weighted by atomic mass is 19.4. The Balaban J connectivity index is 2.98. The summed E-state index contributed by atoms with van der Waals surface area (Å²) in [5.74, 6) is 0. The van der Waals surface area contributed by atoms with Crippen LogP contribution in [0.25, 0.3) is 0 Å². The molecule has 0 spiro atoms. The van der Waals surface area contributed by atoms with Crippen LogP contribution in [-0.4, -0.2) is 33.4 Å². The SMILES string of the molecule is COCCCN(C)c1ccc(CC(C)N)c(C(F)(F)F)c1. The predicted octanol–water partition coefficient (Wildman–Crippen LogP) is 3.07. The van der Waals surface area contributed by atoms with E-state index >= 15 is 0 Å². The molecule has 0 aromatic heterocycles. The van der Waals surface area contributed by atoms with Gasteiger partial charge in [-0.1, -0.05) is 6.07 Å². The Morgan fingerprint density at radius 1 is 1.33 bits per heavy atom. The smallest absolute Gasteiger partial charge is 0.385 e. The van der Waals surface area contributed by atoms with E-state index in [1.54, 1.807) is 32.0 Å². The van der Waals surface area contributed by atoms with Gasteiger partial charge in [-0.3, -0.25) is 0 Å². The molecule has 1 aromatic rings. The zero-order chi connectivity index (χ0) is 16.0. The third kappa shape index (κ3) is 5.55. The van der Waals surface area contributed by atoms with Crippen molar-refractivity contribution in [3.63, 3.8) is 0 Å². The van der Waals surface area contributed by atoms with Crippen molar-refractivity contribution in [2.75, 3.05) is 32.2 Å². The van der Waals surface area contributed by atoms with Crippen LogP contribution in [0.4, 0.5) is 18.9 Å². The number of ether oxygens (including phenoxy) is 1. The molecule has 120 valence electrons. The van der Waals surface area contributed by atoms with Gasteiger partial charge in [-0.2, -0.15) is 13.2 Å². The fourth-order valence-electron chi connectivity index (χ4n) is 2.17. The summed E-state index contributed by atoms with van der Waals surface area (Å²) in [6.07, 6.45) is -3.40. The van der Waals surface area contributed by atoms with Crippen molar-refractivity contribution >= 4 is 5.69 Å². The summed E-state index contributed by atoms with van der Waals surface area (Å²) in [7, 11) is 3.38. The van der Waals surface area contributed by atoms with Crippen LogP contribution in [-0.2, 0) is 17.3 Å². The second kappa shape index (κ2) is 7.66. The number of anilines is 1. The first-order valence-corrected chi connectivity index (χ1v) is 6.91. The molecule has 0 aliphatic carbocycles. The van der Waals surface area contributed by atoms with Gasteiger partial charge >= 0.3 is 6.18 Å². The summed E-state index contributed by atoms with van der Waals surface area (Å²) in [6, 6.07) is 4.12. The van der Waals surface area contributed by atoms with E-state index in [-0.39, 0.29) is 18.0 Å². The summed E-state index contributed by atoms with van der Waals surface area (Å²) in [4.78, 5) is 1.80. The van der Waals surface area contributed by atoms with Gasteiger partial charge < -0.3 is 15.4 Å². The normalized spacial score (nSPS) is 13.3. The van der Waals surface area contributed by atoms with Crippen LogP contribution >= 0.6 is 0 Å². The van der Waals surface area contributed by atoms with Crippen molar-refractivity contribution in [1.82, 2.24) is 0 Å². The summed E-state index contributed by atoms with van der Waals surface area (Å²) in [5, 5.41) is 0. The molecule has 0 heterocycles. The number of alkyl halides is 3. The minimum atomic E-state index is -4.37. The molecule has 1 rings (SSSR count). The molecule has 0 saturated carbocycles. The Kier molecular flexibility index (Phi) is 6.48. The van der Waals surface area contributed by atoms with Crippen LogP contribution in [0, 0.1) is 0 Å². The Bertz CT molecular complexity index is 447. The van der Waals surface area contributed by atoms with E-state index in [1.165, 1.54) is 12.1 Å². The lowest BCUT2D eigenvalue weighted by Gasteiger charge is -2.22. The summed E-state index contributed by atoms with van der Waals surface area (Å²) >= 11 is 0. The molecule has 0 aliphatic rings. The lowest BCUT2D eigenvalue weighted by Crippen LogP contribution is -2.23. The summed E-state index contributed by atoms with van der Waals surface area (Å²) in [5.41, 5.74) is 5.81. The third-order valence-electron chi connectivity index (χ3n) is 3.22. The average Bonchev–Trinajstić information content (AvgIpc) is 2.37. The zero-order valence-electron chi connectivity index (χ0n) is 12.7. The molecule has 0 saturated heterocycles. The van der Waals surface area contributed by atoms with E-state index in [0.29, 0.717) is 18.8 Å². The number of nitrogens with zero attached hydrogens (tertiary/aromatic N) is 1. The molecule has 1 unspecified atom stereocenters. The maximum Gasteiger partial charge on any atom is 0.416 e. The number of hydrogen-bond donors (Lipinski definition) is 1. The number of hydrogen-bond acceptors (Lipinski definition) is 3. The molecular formula is C15H23F3N2O. The third-order valence-corrected chi connectivity index (χ3v) is 3.22. The molecule has 0 amide bonds. The van der Waals surface area contributed by atoms with E-state index in [9.17, 15) is 13.2 Å². The zero-order valence-corrected chi connectivity index (χ0v) is 12.7. The monoisotopic (exact) mass is 304 g/mol. The van der Waals surface area contributed by atoms with Crippen LogP contribution in [0.2, 0.25) is 0 Å². The molecule has 0 radical (unpaired) electrons. The molecule has 6 heteroatoms. The standard InChI is InChI=1S/C15H23F3N2O/c1-11(19)9-12-5-6-13(10-14(12)15(16,17)18)20(2)7-4-8-21-3/h5-6,10-11H,4,7-9,19H2,1-3H3. The van der Waals surface area contributed by atoms with E-state index in [4.69, 9.17) is 10.5 Å². The van der Waals surface area contributed by atoms with Gasteiger partial charge in [0.25, 0.3) is 0 Å². The van der Waals surface area contributed by atoms with Gasteiger partial charge in [0.05, 0.1) is 5.56 Å². The van der Waals surface area contributed by atoms with Gasteiger partial charge in [0, 0.05) is 39.0 Å². The minimum absolute atomic E-state index is 0.211. The van der Waals surface area contributed by atoms with Gasteiger partial charge in [0.1, 0.15) is 0 Å². The number of nitrogens with two attached hydrogens (primary N) is 1. The van der Waals surface area contributed by atoms with Crippen molar-refractivity contribution < 1.29 is 17.9 Å². The molecule has 2 N–H and O–H groups in total. The molecule has 3 nitrogen and oxygen atoms in total. The molecule has 21 heavy (non-hydrogen) atoms.